The molecule has 0 radical (unpaired) electrons. The summed E-state index contributed by atoms with van der Waals surface area (Å²) >= 11 is 0. The maximum atomic E-state index is 12.9. The number of sulfonamides is 1. The largest absolute Gasteiger partial charge is 0.243 e. The molecule has 21 heavy (non-hydrogen) atoms. The zero-order chi connectivity index (χ0) is 14.4. The molecule has 1 aliphatic heterocycles. The van der Waals surface area contributed by atoms with Crippen LogP contribution in [0.4, 0.5) is 0 Å². The molecule has 1 saturated heterocycles. The van der Waals surface area contributed by atoms with E-state index in [2.05, 4.69) is 0 Å². The highest BCUT2D eigenvalue weighted by Crippen LogP contribution is 2.47. The average molecular weight is 299 g/mol. The lowest BCUT2D eigenvalue weighted by atomic mass is 10.1. The molecule has 1 saturated carbocycles. The molecule has 3 nitrogen and oxygen atoms in total. The van der Waals surface area contributed by atoms with Crippen LogP contribution in [-0.2, 0) is 10.0 Å². The Kier molecular flexibility index (Phi) is 2.91. The van der Waals surface area contributed by atoms with Crippen molar-refractivity contribution < 1.29 is 8.42 Å². The molecule has 2 atom stereocenters. The van der Waals surface area contributed by atoms with Crippen molar-refractivity contribution in [2.24, 2.45) is 11.8 Å². The molecule has 2 unspecified atom stereocenters. The molecule has 108 valence electrons. The molecule has 4 heteroatoms. The van der Waals surface area contributed by atoms with Crippen LogP contribution in [0.1, 0.15) is 6.42 Å². The maximum Gasteiger partial charge on any atom is 0.243 e. The Hall–Kier alpha value is -1.65. The van der Waals surface area contributed by atoms with E-state index in [9.17, 15) is 8.42 Å². The summed E-state index contributed by atoms with van der Waals surface area (Å²) in [7, 11) is -3.39. The van der Waals surface area contributed by atoms with E-state index in [1.807, 2.05) is 42.5 Å². The first-order valence-corrected chi connectivity index (χ1v) is 8.75. The second-order valence-corrected chi connectivity index (χ2v) is 7.85. The average Bonchev–Trinajstić information content (AvgIpc) is 3.14. The maximum absolute atomic E-state index is 12.9. The van der Waals surface area contributed by atoms with Crippen LogP contribution in [0.15, 0.2) is 59.5 Å². The number of benzene rings is 2. The fourth-order valence-electron chi connectivity index (χ4n) is 3.24. The van der Waals surface area contributed by atoms with Crippen LogP contribution < -0.4 is 0 Å². The smallest absolute Gasteiger partial charge is 0.207 e. The van der Waals surface area contributed by atoms with Crippen molar-refractivity contribution in [3.63, 3.8) is 0 Å². The van der Waals surface area contributed by atoms with E-state index in [1.54, 1.807) is 16.4 Å². The fourth-order valence-corrected chi connectivity index (χ4v) is 5.01. The van der Waals surface area contributed by atoms with Gasteiger partial charge in [0.1, 0.15) is 0 Å². The molecule has 1 aliphatic carbocycles. The number of piperidine rings is 1. The van der Waals surface area contributed by atoms with Crippen molar-refractivity contribution in [1.29, 1.82) is 0 Å². The van der Waals surface area contributed by atoms with E-state index in [4.69, 9.17) is 0 Å². The zero-order valence-electron chi connectivity index (χ0n) is 11.6. The predicted molar refractivity (Wildman–Crippen MR) is 82.2 cm³/mol. The number of nitrogens with zero attached hydrogens (tertiary/aromatic N) is 1. The zero-order valence-corrected chi connectivity index (χ0v) is 12.5. The first-order valence-electron chi connectivity index (χ1n) is 7.31. The van der Waals surface area contributed by atoms with Gasteiger partial charge in [-0.05, 0) is 29.9 Å². The summed E-state index contributed by atoms with van der Waals surface area (Å²) < 4.78 is 27.5. The van der Waals surface area contributed by atoms with Crippen molar-refractivity contribution in [1.82, 2.24) is 4.31 Å². The van der Waals surface area contributed by atoms with Gasteiger partial charge in [0.2, 0.25) is 10.0 Å². The van der Waals surface area contributed by atoms with Crippen LogP contribution in [0.2, 0.25) is 0 Å². The Morgan fingerprint density at radius 2 is 1.48 bits per heavy atom. The highest BCUT2D eigenvalue weighted by molar-refractivity contribution is 7.89. The van der Waals surface area contributed by atoms with Crippen molar-refractivity contribution >= 4 is 10.0 Å². The first-order chi connectivity index (χ1) is 10.2. The molecule has 2 aromatic rings. The molecule has 2 aromatic carbocycles. The van der Waals surface area contributed by atoms with Gasteiger partial charge < -0.3 is 0 Å². The minimum Gasteiger partial charge on any atom is -0.207 e. The molecule has 0 N–H and O–H groups in total. The number of fused-ring (bicyclic) bond motifs is 1. The third-order valence-corrected chi connectivity index (χ3v) is 6.42. The Morgan fingerprint density at radius 1 is 0.857 bits per heavy atom. The minimum absolute atomic E-state index is 0.428. The van der Waals surface area contributed by atoms with Crippen molar-refractivity contribution in [2.75, 3.05) is 13.1 Å². The quantitative estimate of drug-likeness (QED) is 0.873. The Bertz CT molecular complexity index is 760. The molecular formula is C17H17NO2S. The lowest BCUT2D eigenvalue weighted by Gasteiger charge is -2.20. The molecule has 0 aromatic heterocycles. The molecule has 0 spiro atoms. The van der Waals surface area contributed by atoms with Crippen LogP contribution in [0.3, 0.4) is 0 Å². The summed E-state index contributed by atoms with van der Waals surface area (Å²) in [6, 6.07) is 17.0. The Balaban J connectivity index is 1.78. The van der Waals surface area contributed by atoms with Gasteiger partial charge in [0.15, 0.2) is 0 Å². The van der Waals surface area contributed by atoms with Crippen molar-refractivity contribution in [2.45, 2.75) is 11.3 Å². The van der Waals surface area contributed by atoms with E-state index in [1.165, 1.54) is 6.42 Å². The molecule has 1 heterocycles. The van der Waals surface area contributed by atoms with Gasteiger partial charge in [0.25, 0.3) is 0 Å². The monoisotopic (exact) mass is 299 g/mol. The summed E-state index contributed by atoms with van der Waals surface area (Å²) in [6.45, 7) is 1.38. The summed E-state index contributed by atoms with van der Waals surface area (Å²) in [5, 5.41) is 0. The van der Waals surface area contributed by atoms with Crippen LogP contribution >= 0.6 is 0 Å². The summed E-state index contributed by atoms with van der Waals surface area (Å²) in [5.74, 6) is 1.20. The van der Waals surface area contributed by atoms with Gasteiger partial charge in [-0.15, -0.1) is 0 Å². The molecule has 0 amide bonds. The van der Waals surface area contributed by atoms with Gasteiger partial charge in [-0.25, -0.2) is 8.42 Å². The summed E-state index contributed by atoms with van der Waals surface area (Å²) in [4.78, 5) is 0.428. The second-order valence-electron chi connectivity index (χ2n) is 5.94. The van der Waals surface area contributed by atoms with Crippen molar-refractivity contribution in [3.05, 3.63) is 54.6 Å². The minimum atomic E-state index is -3.39. The van der Waals surface area contributed by atoms with Gasteiger partial charge in [0.05, 0.1) is 4.90 Å². The highest BCUT2D eigenvalue weighted by Gasteiger charge is 2.49. The van der Waals surface area contributed by atoms with E-state index in [-0.39, 0.29) is 0 Å². The lowest BCUT2D eigenvalue weighted by Crippen LogP contribution is -2.30. The van der Waals surface area contributed by atoms with Crippen molar-refractivity contribution in [3.8, 4) is 11.1 Å². The van der Waals surface area contributed by atoms with Crippen LogP contribution in [-0.4, -0.2) is 25.8 Å². The van der Waals surface area contributed by atoms with Crippen LogP contribution in [0.5, 0.6) is 0 Å². The molecule has 2 aliphatic rings. The van der Waals surface area contributed by atoms with E-state index >= 15 is 0 Å². The number of rotatable bonds is 3. The van der Waals surface area contributed by atoms with Gasteiger partial charge in [0, 0.05) is 18.7 Å². The fraction of sp³-hybridized carbons (Fsp3) is 0.294. The van der Waals surface area contributed by atoms with Crippen LogP contribution in [0.25, 0.3) is 11.1 Å². The summed E-state index contributed by atoms with van der Waals surface area (Å²) in [5.41, 5.74) is 1.74. The first kappa shape index (κ1) is 13.0. The summed E-state index contributed by atoms with van der Waals surface area (Å²) in [6.07, 6.45) is 1.20. The Labute approximate surface area is 125 Å². The third-order valence-electron chi connectivity index (χ3n) is 4.54. The van der Waals surface area contributed by atoms with Gasteiger partial charge in [-0.3, -0.25) is 0 Å². The topological polar surface area (TPSA) is 37.4 Å². The standard InChI is InChI=1S/C17H17NO2S/c19-21(20,18-11-14-10-15(14)12-18)17-9-5-4-8-16(17)13-6-2-1-3-7-13/h1-9,14-15H,10-12H2. The van der Waals surface area contributed by atoms with Gasteiger partial charge in [-0.1, -0.05) is 48.5 Å². The molecule has 4 rings (SSSR count). The third kappa shape index (κ3) is 2.19. The second kappa shape index (κ2) is 4.68. The number of hydrogen-bond acceptors (Lipinski definition) is 2. The molecule has 2 fully saturated rings. The molecular weight excluding hydrogens is 282 g/mol. The van der Waals surface area contributed by atoms with E-state index < -0.39 is 10.0 Å². The normalized spacial score (nSPS) is 24.8. The number of hydrogen-bond donors (Lipinski definition) is 0. The Morgan fingerprint density at radius 3 is 2.19 bits per heavy atom. The van der Waals surface area contributed by atoms with Gasteiger partial charge in [-0.2, -0.15) is 4.31 Å². The molecule has 0 bridgehead atoms. The van der Waals surface area contributed by atoms with E-state index in [0.717, 1.165) is 11.1 Å². The van der Waals surface area contributed by atoms with Gasteiger partial charge >= 0.3 is 0 Å². The SMILES string of the molecule is O=S(=O)(c1ccccc1-c1ccccc1)N1CC2CC2C1. The highest BCUT2D eigenvalue weighted by atomic mass is 32.2. The lowest BCUT2D eigenvalue weighted by molar-refractivity contribution is 0.443. The van der Waals surface area contributed by atoms with Crippen LogP contribution in [0, 0.1) is 11.8 Å². The predicted octanol–water partition coefficient (Wildman–Crippen LogP) is 2.99. The van der Waals surface area contributed by atoms with E-state index in [0.29, 0.717) is 29.8 Å².